The average molecular weight is 312 g/mol. The molecular formula is C19H18ClNO. The van der Waals surface area contributed by atoms with Crippen molar-refractivity contribution in [3.05, 3.63) is 75.8 Å². The molecule has 0 unspecified atom stereocenters. The highest BCUT2D eigenvalue weighted by atomic mass is 35.5. The molecule has 0 saturated carbocycles. The number of rotatable bonds is 2. The van der Waals surface area contributed by atoms with E-state index >= 15 is 0 Å². The SMILES string of the molecule is CC1=CC(=O)N(c2cc(C)ccc2C)[C@@H]1c1ccc(Cl)cc1. The van der Waals surface area contributed by atoms with Gasteiger partial charge in [-0.1, -0.05) is 35.9 Å². The summed E-state index contributed by atoms with van der Waals surface area (Å²) >= 11 is 5.99. The monoisotopic (exact) mass is 311 g/mol. The zero-order valence-electron chi connectivity index (χ0n) is 12.9. The molecule has 2 aromatic carbocycles. The van der Waals surface area contributed by atoms with Crippen LogP contribution in [0.3, 0.4) is 0 Å². The normalized spacial score (nSPS) is 17.8. The first-order valence-corrected chi connectivity index (χ1v) is 7.69. The Labute approximate surface area is 136 Å². The number of halogens is 1. The molecule has 0 aliphatic carbocycles. The third-order valence-electron chi connectivity index (χ3n) is 4.09. The second-order valence-corrected chi connectivity index (χ2v) is 6.28. The average Bonchev–Trinajstić information content (AvgIpc) is 2.77. The predicted molar refractivity (Wildman–Crippen MR) is 91.4 cm³/mol. The molecule has 2 aromatic rings. The molecule has 0 saturated heterocycles. The van der Waals surface area contributed by atoms with Crippen molar-refractivity contribution in [1.82, 2.24) is 0 Å². The lowest BCUT2D eigenvalue weighted by Crippen LogP contribution is -2.29. The first-order chi connectivity index (χ1) is 10.5. The molecule has 0 N–H and O–H groups in total. The second kappa shape index (κ2) is 5.62. The first-order valence-electron chi connectivity index (χ1n) is 7.31. The molecular weight excluding hydrogens is 294 g/mol. The molecule has 2 nitrogen and oxygen atoms in total. The topological polar surface area (TPSA) is 20.3 Å². The van der Waals surface area contributed by atoms with Crippen molar-refractivity contribution in [2.45, 2.75) is 26.8 Å². The molecule has 0 bridgehead atoms. The van der Waals surface area contributed by atoms with Crippen LogP contribution in [0, 0.1) is 13.8 Å². The standard InChI is InChI=1S/C19H18ClNO/c1-12-4-5-13(2)17(10-12)21-18(22)11-14(3)19(21)15-6-8-16(20)9-7-15/h4-11,19H,1-3H3/t19-/m0/s1. The minimum atomic E-state index is -0.0646. The van der Waals surface area contributed by atoms with Crippen LogP contribution in [-0.4, -0.2) is 5.91 Å². The number of aryl methyl sites for hydroxylation is 2. The van der Waals surface area contributed by atoms with Gasteiger partial charge in [-0.3, -0.25) is 9.69 Å². The Morgan fingerprint density at radius 2 is 1.68 bits per heavy atom. The molecule has 1 aliphatic rings. The summed E-state index contributed by atoms with van der Waals surface area (Å²) in [5.41, 5.74) is 5.34. The van der Waals surface area contributed by atoms with Gasteiger partial charge >= 0.3 is 0 Å². The Balaban J connectivity index is 2.10. The maximum absolute atomic E-state index is 12.5. The molecule has 3 rings (SSSR count). The van der Waals surface area contributed by atoms with Crippen LogP contribution in [0.15, 0.2) is 54.1 Å². The quantitative estimate of drug-likeness (QED) is 0.765. The zero-order chi connectivity index (χ0) is 15.9. The third kappa shape index (κ3) is 2.55. The number of hydrogen-bond acceptors (Lipinski definition) is 1. The molecule has 112 valence electrons. The van der Waals surface area contributed by atoms with Crippen LogP contribution in [-0.2, 0) is 4.79 Å². The van der Waals surface area contributed by atoms with Gasteiger partial charge in [0.25, 0.3) is 5.91 Å². The van der Waals surface area contributed by atoms with Crippen LogP contribution < -0.4 is 4.90 Å². The van der Waals surface area contributed by atoms with Crippen LogP contribution >= 0.6 is 11.6 Å². The van der Waals surface area contributed by atoms with Gasteiger partial charge in [0.05, 0.1) is 6.04 Å². The molecule has 1 heterocycles. The molecule has 0 aromatic heterocycles. The van der Waals surface area contributed by atoms with E-state index in [2.05, 4.69) is 18.2 Å². The van der Waals surface area contributed by atoms with E-state index in [0.29, 0.717) is 5.02 Å². The summed E-state index contributed by atoms with van der Waals surface area (Å²) in [5.74, 6) is 0.0335. The number of benzene rings is 2. The summed E-state index contributed by atoms with van der Waals surface area (Å²) < 4.78 is 0. The number of hydrogen-bond donors (Lipinski definition) is 0. The Hall–Kier alpha value is -2.06. The number of carbonyl (C=O) groups is 1. The van der Waals surface area contributed by atoms with Crippen molar-refractivity contribution in [3.8, 4) is 0 Å². The first kappa shape index (κ1) is 14.9. The lowest BCUT2D eigenvalue weighted by atomic mass is 9.99. The lowest BCUT2D eigenvalue weighted by Gasteiger charge is -2.28. The fourth-order valence-electron chi connectivity index (χ4n) is 2.97. The van der Waals surface area contributed by atoms with Gasteiger partial charge in [0.15, 0.2) is 0 Å². The molecule has 1 aliphatic heterocycles. The summed E-state index contributed by atoms with van der Waals surface area (Å²) in [6.45, 7) is 6.08. The predicted octanol–water partition coefficient (Wildman–Crippen LogP) is 4.99. The van der Waals surface area contributed by atoms with E-state index in [4.69, 9.17) is 11.6 Å². The van der Waals surface area contributed by atoms with E-state index in [9.17, 15) is 4.79 Å². The van der Waals surface area contributed by atoms with Gasteiger partial charge in [-0.2, -0.15) is 0 Å². The summed E-state index contributed by atoms with van der Waals surface area (Å²) in [7, 11) is 0. The zero-order valence-corrected chi connectivity index (χ0v) is 13.7. The van der Waals surface area contributed by atoms with Crippen LogP contribution in [0.4, 0.5) is 5.69 Å². The second-order valence-electron chi connectivity index (χ2n) is 5.84. The number of anilines is 1. The van der Waals surface area contributed by atoms with Gasteiger partial charge in [-0.15, -0.1) is 0 Å². The van der Waals surface area contributed by atoms with E-state index in [1.54, 1.807) is 6.08 Å². The van der Waals surface area contributed by atoms with E-state index < -0.39 is 0 Å². The highest BCUT2D eigenvalue weighted by Crippen LogP contribution is 2.39. The maximum Gasteiger partial charge on any atom is 0.251 e. The fraction of sp³-hybridized carbons (Fsp3) is 0.211. The van der Waals surface area contributed by atoms with Crippen LogP contribution in [0.1, 0.15) is 29.7 Å². The Morgan fingerprint density at radius 1 is 1.00 bits per heavy atom. The Morgan fingerprint density at radius 3 is 2.36 bits per heavy atom. The van der Waals surface area contributed by atoms with Crippen molar-refractivity contribution in [1.29, 1.82) is 0 Å². The summed E-state index contributed by atoms with van der Waals surface area (Å²) in [5, 5.41) is 0.702. The highest BCUT2D eigenvalue weighted by molar-refractivity contribution is 6.30. The Kier molecular flexibility index (Phi) is 3.79. The van der Waals surface area contributed by atoms with Gasteiger partial charge in [-0.25, -0.2) is 0 Å². The van der Waals surface area contributed by atoms with Crippen LogP contribution in [0.2, 0.25) is 5.02 Å². The third-order valence-corrected chi connectivity index (χ3v) is 4.34. The molecule has 0 fully saturated rings. The van der Waals surface area contributed by atoms with Crippen molar-refractivity contribution in [2.75, 3.05) is 4.90 Å². The summed E-state index contributed by atoms with van der Waals surface area (Å²) in [4.78, 5) is 14.4. The van der Waals surface area contributed by atoms with Crippen molar-refractivity contribution in [3.63, 3.8) is 0 Å². The minimum absolute atomic E-state index is 0.0335. The maximum atomic E-state index is 12.5. The molecule has 0 spiro atoms. The molecule has 1 atom stereocenters. The Bertz CT molecular complexity index is 762. The highest BCUT2D eigenvalue weighted by Gasteiger charge is 2.33. The van der Waals surface area contributed by atoms with Crippen LogP contribution in [0.5, 0.6) is 0 Å². The van der Waals surface area contributed by atoms with Crippen molar-refractivity contribution < 1.29 is 4.79 Å². The number of nitrogens with zero attached hydrogens (tertiary/aromatic N) is 1. The van der Waals surface area contributed by atoms with Gasteiger partial charge in [0, 0.05) is 16.8 Å². The molecule has 22 heavy (non-hydrogen) atoms. The van der Waals surface area contributed by atoms with Crippen molar-refractivity contribution >= 4 is 23.2 Å². The van der Waals surface area contributed by atoms with Gasteiger partial charge in [0.2, 0.25) is 0 Å². The number of carbonyl (C=O) groups excluding carboxylic acids is 1. The summed E-state index contributed by atoms with van der Waals surface area (Å²) in [6.07, 6.45) is 1.72. The van der Waals surface area contributed by atoms with E-state index in [-0.39, 0.29) is 11.9 Å². The fourth-order valence-corrected chi connectivity index (χ4v) is 3.09. The van der Waals surface area contributed by atoms with Crippen molar-refractivity contribution in [2.24, 2.45) is 0 Å². The van der Waals surface area contributed by atoms with E-state index in [1.165, 1.54) is 0 Å². The lowest BCUT2D eigenvalue weighted by molar-refractivity contribution is -0.113. The number of amides is 1. The molecule has 3 heteroatoms. The van der Waals surface area contributed by atoms with Crippen LogP contribution in [0.25, 0.3) is 0 Å². The molecule has 1 amide bonds. The van der Waals surface area contributed by atoms with E-state index in [1.807, 2.05) is 49.9 Å². The van der Waals surface area contributed by atoms with Gasteiger partial charge in [0.1, 0.15) is 0 Å². The molecule has 0 radical (unpaired) electrons. The van der Waals surface area contributed by atoms with E-state index in [0.717, 1.165) is 28.0 Å². The van der Waals surface area contributed by atoms with Gasteiger partial charge < -0.3 is 0 Å². The summed E-state index contributed by atoms with van der Waals surface area (Å²) in [6, 6.07) is 13.8. The smallest absolute Gasteiger partial charge is 0.251 e. The largest absolute Gasteiger partial charge is 0.297 e. The van der Waals surface area contributed by atoms with Gasteiger partial charge in [-0.05, 0) is 61.2 Å². The minimum Gasteiger partial charge on any atom is -0.297 e.